The van der Waals surface area contributed by atoms with Crippen molar-refractivity contribution in [1.82, 2.24) is 4.90 Å². The lowest BCUT2D eigenvalue weighted by Crippen LogP contribution is -2.51. The molecule has 1 aliphatic heterocycles. The first kappa shape index (κ1) is 22.2. The SMILES string of the molecule is C[C@@H](c1ccc(C(F)(F)F)cc1)N1CCC(CC(C)(C)O)(c2ccccc2)OC1=O. The van der Waals surface area contributed by atoms with Gasteiger partial charge in [-0.05, 0) is 44.0 Å². The van der Waals surface area contributed by atoms with Crippen LogP contribution in [-0.4, -0.2) is 28.2 Å². The lowest BCUT2D eigenvalue weighted by molar-refractivity contribution is -0.137. The fourth-order valence-corrected chi connectivity index (χ4v) is 4.02. The summed E-state index contributed by atoms with van der Waals surface area (Å²) in [5, 5.41) is 10.4. The molecule has 1 fully saturated rings. The van der Waals surface area contributed by atoms with Gasteiger partial charge in [-0.15, -0.1) is 0 Å². The fraction of sp³-hybridized carbons (Fsp3) is 0.435. The third kappa shape index (κ3) is 4.78. The monoisotopic (exact) mass is 421 g/mol. The summed E-state index contributed by atoms with van der Waals surface area (Å²) >= 11 is 0. The maximum Gasteiger partial charge on any atom is 0.416 e. The number of hydrogen-bond acceptors (Lipinski definition) is 3. The van der Waals surface area contributed by atoms with Gasteiger partial charge in [-0.2, -0.15) is 13.2 Å². The van der Waals surface area contributed by atoms with Crippen molar-refractivity contribution in [3.8, 4) is 0 Å². The highest BCUT2D eigenvalue weighted by molar-refractivity contribution is 5.70. The third-order valence-electron chi connectivity index (χ3n) is 5.48. The molecule has 30 heavy (non-hydrogen) atoms. The van der Waals surface area contributed by atoms with Gasteiger partial charge < -0.3 is 14.7 Å². The van der Waals surface area contributed by atoms with Crippen LogP contribution in [0.4, 0.5) is 18.0 Å². The molecule has 162 valence electrons. The van der Waals surface area contributed by atoms with E-state index in [2.05, 4.69) is 0 Å². The number of rotatable bonds is 5. The first-order valence-corrected chi connectivity index (χ1v) is 9.86. The van der Waals surface area contributed by atoms with Gasteiger partial charge in [0, 0.05) is 19.4 Å². The van der Waals surface area contributed by atoms with Crippen molar-refractivity contribution in [2.45, 2.75) is 57.0 Å². The Hall–Kier alpha value is -2.54. The van der Waals surface area contributed by atoms with E-state index in [0.717, 1.165) is 17.7 Å². The van der Waals surface area contributed by atoms with Crippen molar-refractivity contribution in [2.24, 2.45) is 0 Å². The van der Waals surface area contributed by atoms with Crippen LogP contribution in [0.5, 0.6) is 0 Å². The van der Waals surface area contributed by atoms with Crippen LogP contribution >= 0.6 is 0 Å². The molecule has 0 bridgehead atoms. The average Bonchev–Trinajstić information content (AvgIpc) is 2.66. The van der Waals surface area contributed by atoms with Crippen LogP contribution in [0.1, 0.15) is 56.3 Å². The number of ether oxygens (including phenoxy) is 1. The molecule has 1 aliphatic rings. The first-order chi connectivity index (χ1) is 13.9. The van der Waals surface area contributed by atoms with Gasteiger partial charge in [-0.1, -0.05) is 42.5 Å². The number of carbonyl (C=O) groups is 1. The Kier molecular flexibility index (Phi) is 5.87. The highest BCUT2D eigenvalue weighted by Gasteiger charge is 2.46. The summed E-state index contributed by atoms with van der Waals surface area (Å²) < 4.78 is 44.4. The minimum Gasteiger partial charge on any atom is -0.438 e. The molecule has 0 saturated carbocycles. The summed E-state index contributed by atoms with van der Waals surface area (Å²) in [5.74, 6) is 0. The van der Waals surface area contributed by atoms with Crippen molar-refractivity contribution in [2.75, 3.05) is 6.54 Å². The molecule has 3 rings (SSSR count). The molecule has 0 radical (unpaired) electrons. The van der Waals surface area contributed by atoms with Gasteiger partial charge in [0.05, 0.1) is 17.2 Å². The quantitative estimate of drug-likeness (QED) is 0.677. The van der Waals surface area contributed by atoms with Crippen molar-refractivity contribution < 1.29 is 27.8 Å². The summed E-state index contributed by atoms with van der Waals surface area (Å²) in [5.41, 5.74) is -1.35. The van der Waals surface area contributed by atoms with E-state index >= 15 is 0 Å². The Morgan fingerprint density at radius 2 is 1.70 bits per heavy atom. The molecule has 1 amide bonds. The van der Waals surface area contributed by atoms with Gasteiger partial charge in [-0.3, -0.25) is 0 Å². The number of alkyl halides is 3. The molecule has 2 atom stereocenters. The van der Waals surface area contributed by atoms with Crippen LogP contribution in [0.3, 0.4) is 0 Å². The summed E-state index contributed by atoms with van der Waals surface area (Å²) in [6.07, 6.45) is -4.27. The average molecular weight is 421 g/mol. The highest BCUT2D eigenvalue weighted by atomic mass is 19.4. The van der Waals surface area contributed by atoms with Crippen molar-refractivity contribution in [3.05, 3.63) is 71.3 Å². The van der Waals surface area contributed by atoms with Crippen LogP contribution in [0.25, 0.3) is 0 Å². The zero-order valence-corrected chi connectivity index (χ0v) is 17.2. The fourth-order valence-electron chi connectivity index (χ4n) is 4.02. The molecule has 2 aromatic carbocycles. The topological polar surface area (TPSA) is 49.8 Å². The van der Waals surface area contributed by atoms with E-state index in [1.165, 1.54) is 17.0 Å². The molecule has 0 aromatic heterocycles. The van der Waals surface area contributed by atoms with Crippen molar-refractivity contribution >= 4 is 6.09 Å². The van der Waals surface area contributed by atoms with Crippen LogP contribution in [0, 0.1) is 0 Å². The van der Waals surface area contributed by atoms with E-state index in [-0.39, 0.29) is 6.42 Å². The number of carbonyl (C=O) groups excluding carboxylic acids is 1. The zero-order chi connectivity index (χ0) is 22.2. The number of aliphatic hydroxyl groups is 1. The van der Waals surface area contributed by atoms with E-state index in [4.69, 9.17) is 4.74 Å². The molecular formula is C23H26F3NO3. The second-order valence-corrected chi connectivity index (χ2v) is 8.46. The van der Waals surface area contributed by atoms with Gasteiger partial charge in [0.1, 0.15) is 5.60 Å². The maximum atomic E-state index is 13.0. The maximum absolute atomic E-state index is 13.0. The Balaban J connectivity index is 1.82. The predicted molar refractivity (Wildman–Crippen MR) is 107 cm³/mol. The van der Waals surface area contributed by atoms with E-state index in [1.54, 1.807) is 20.8 Å². The minimum absolute atomic E-state index is 0.234. The molecular weight excluding hydrogens is 395 g/mol. The second-order valence-electron chi connectivity index (χ2n) is 8.46. The van der Waals surface area contributed by atoms with E-state index in [0.29, 0.717) is 18.5 Å². The van der Waals surface area contributed by atoms with Gasteiger partial charge in [0.25, 0.3) is 0 Å². The van der Waals surface area contributed by atoms with E-state index in [9.17, 15) is 23.1 Å². The number of benzene rings is 2. The molecule has 4 nitrogen and oxygen atoms in total. The Bertz CT molecular complexity index is 875. The third-order valence-corrected chi connectivity index (χ3v) is 5.48. The van der Waals surface area contributed by atoms with Gasteiger partial charge in [0.2, 0.25) is 0 Å². The lowest BCUT2D eigenvalue weighted by atomic mass is 9.80. The first-order valence-electron chi connectivity index (χ1n) is 9.86. The van der Waals surface area contributed by atoms with Crippen molar-refractivity contribution in [3.63, 3.8) is 0 Å². The zero-order valence-electron chi connectivity index (χ0n) is 17.2. The minimum atomic E-state index is -4.40. The Morgan fingerprint density at radius 1 is 1.10 bits per heavy atom. The number of cyclic esters (lactones) is 1. The van der Waals surface area contributed by atoms with Crippen LogP contribution in [0.15, 0.2) is 54.6 Å². The number of nitrogens with zero attached hydrogens (tertiary/aromatic N) is 1. The summed E-state index contributed by atoms with van der Waals surface area (Å²) in [6, 6.07) is 13.7. The highest BCUT2D eigenvalue weighted by Crippen LogP contribution is 2.42. The van der Waals surface area contributed by atoms with E-state index in [1.807, 2.05) is 30.3 Å². The number of halogens is 3. The largest absolute Gasteiger partial charge is 0.438 e. The summed E-state index contributed by atoms with van der Waals surface area (Å²) in [6.45, 7) is 5.45. The molecule has 0 spiro atoms. The van der Waals surface area contributed by atoms with Crippen LogP contribution in [-0.2, 0) is 16.5 Å². The summed E-state index contributed by atoms with van der Waals surface area (Å²) in [7, 11) is 0. The number of amides is 1. The molecule has 1 saturated heterocycles. The molecule has 1 heterocycles. The normalized spacial score (nSPS) is 21.3. The predicted octanol–water partition coefficient (Wildman–Crippen LogP) is 5.67. The number of hydrogen-bond donors (Lipinski definition) is 1. The van der Waals surface area contributed by atoms with E-state index < -0.39 is 35.1 Å². The molecule has 1 N–H and O–H groups in total. The van der Waals surface area contributed by atoms with Gasteiger partial charge in [-0.25, -0.2) is 4.79 Å². The molecule has 2 aromatic rings. The van der Waals surface area contributed by atoms with Gasteiger partial charge >= 0.3 is 12.3 Å². The molecule has 0 aliphatic carbocycles. The Labute approximate surface area is 174 Å². The Morgan fingerprint density at radius 3 is 2.20 bits per heavy atom. The van der Waals surface area contributed by atoms with Crippen LogP contribution < -0.4 is 0 Å². The lowest BCUT2D eigenvalue weighted by Gasteiger charge is -2.45. The molecule has 1 unspecified atom stereocenters. The molecule has 7 heteroatoms. The second kappa shape index (κ2) is 7.95. The van der Waals surface area contributed by atoms with Gasteiger partial charge in [0.15, 0.2) is 0 Å². The van der Waals surface area contributed by atoms with Crippen LogP contribution in [0.2, 0.25) is 0 Å². The smallest absolute Gasteiger partial charge is 0.416 e. The van der Waals surface area contributed by atoms with Crippen molar-refractivity contribution in [1.29, 1.82) is 0 Å². The summed E-state index contributed by atoms with van der Waals surface area (Å²) in [4.78, 5) is 14.5. The standard InChI is InChI=1S/C23H26F3NO3/c1-16(17-9-11-19(12-10-17)23(24,25)26)27-14-13-22(30-20(27)28,15-21(2,3)29)18-7-5-4-6-8-18/h4-12,16,29H,13-15H2,1-3H3/t16-,22?/m0/s1.